The van der Waals surface area contributed by atoms with E-state index < -0.39 is 0 Å². The van der Waals surface area contributed by atoms with Gasteiger partial charge in [0.1, 0.15) is 11.6 Å². The molecule has 3 rings (SSSR count). The Balaban J connectivity index is 2.14. The number of rotatable bonds is 3. The maximum absolute atomic E-state index is 5.80. The first-order chi connectivity index (χ1) is 9.84. The van der Waals surface area contributed by atoms with Crippen LogP contribution in [0, 0.1) is 0 Å². The molecule has 0 fully saturated rings. The van der Waals surface area contributed by atoms with Crippen molar-refractivity contribution in [2.45, 2.75) is 5.92 Å². The van der Waals surface area contributed by atoms with Crippen LogP contribution >= 0.6 is 0 Å². The van der Waals surface area contributed by atoms with Crippen molar-refractivity contribution in [2.24, 2.45) is 0 Å². The molecular weight excluding hydrogens is 246 g/mol. The third kappa shape index (κ3) is 2.52. The fourth-order valence-corrected chi connectivity index (χ4v) is 2.31. The summed E-state index contributed by atoms with van der Waals surface area (Å²) in [4.78, 5) is 8.79. The van der Waals surface area contributed by atoms with Crippen molar-refractivity contribution in [3.05, 3.63) is 89.9 Å². The fraction of sp³-hybridized carbons (Fsp3) is 0.0588. The van der Waals surface area contributed by atoms with Crippen LogP contribution in [-0.4, -0.2) is 9.97 Å². The lowest BCUT2D eigenvalue weighted by molar-refractivity contribution is 0.858. The second kappa shape index (κ2) is 5.53. The van der Waals surface area contributed by atoms with Gasteiger partial charge in [-0.2, -0.15) is 0 Å². The second-order valence-corrected chi connectivity index (χ2v) is 4.59. The fourth-order valence-electron chi connectivity index (χ4n) is 2.31. The molecule has 0 aliphatic heterocycles. The van der Waals surface area contributed by atoms with Crippen LogP contribution in [0.4, 0.5) is 5.82 Å². The highest BCUT2D eigenvalue weighted by Gasteiger charge is 2.19. The maximum Gasteiger partial charge on any atom is 0.142 e. The zero-order valence-corrected chi connectivity index (χ0v) is 11.0. The van der Waals surface area contributed by atoms with Gasteiger partial charge in [0.2, 0.25) is 0 Å². The lowest BCUT2D eigenvalue weighted by atomic mass is 9.90. The monoisotopic (exact) mass is 261 g/mol. The summed E-state index contributed by atoms with van der Waals surface area (Å²) in [6.07, 6.45) is 1.70. The molecule has 0 amide bonds. The average molecular weight is 261 g/mol. The molecule has 0 atom stereocenters. The predicted molar refractivity (Wildman–Crippen MR) is 80.3 cm³/mol. The topological polar surface area (TPSA) is 51.8 Å². The van der Waals surface area contributed by atoms with E-state index in [1.165, 1.54) is 0 Å². The molecule has 98 valence electrons. The summed E-state index contributed by atoms with van der Waals surface area (Å²) in [6, 6.07) is 22.2. The van der Waals surface area contributed by atoms with Gasteiger partial charge in [0, 0.05) is 6.20 Å². The number of hydrogen-bond donors (Lipinski definition) is 1. The molecule has 3 aromatic rings. The molecule has 0 saturated carbocycles. The molecule has 3 nitrogen and oxygen atoms in total. The highest BCUT2D eigenvalue weighted by atomic mass is 14.9. The molecule has 0 spiro atoms. The summed E-state index contributed by atoms with van der Waals surface area (Å²) in [6.45, 7) is 0. The van der Waals surface area contributed by atoms with Gasteiger partial charge < -0.3 is 5.73 Å². The zero-order valence-electron chi connectivity index (χ0n) is 11.0. The van der Waals surface area contributed by atoms with Crippen LogP contribution in [0.1, 0.15) is 22.9 Å². The van der Waals surface area contributed by atoms with E-state index in [1.54, 1.807) is 12.3 Å². The van der Waals surface area contributed by atoms with E-state index in [0.29, 0.717) is 5.82 Å². The van der Waals surface area contributed by atoms with Crippen molar-refractivity contribution in [3.63, 3.8) is 0 Å². The SMILES string of the molecule is Nc1ccnc(C(c2ccccc2)c2ccccc2)n1. The molecule has 1 heterocycles. The number of benzene rings is 2. The average Bonchev–Trinajstić information content (AvgIpc) is 2.50. The number of anilines is 1. The summed E-state index contributed by atoms with van der Waals surface area (Å²) in [5.41, 5.74) is 8.11. The van der Waals surface area contributed by atoms with Gasteiger partial charge in [-0.1, -0.05) is 60.7 Å². The van der Waals surface area contributed by atoms with E-state index in [1.807, 2.05) is 36.4 Å². The minimum Gasteiger partial charge on any atom is -0.384 e. The molecule has 0 aliphatic carbocycles. The molecule has 2 N–H and O–H groups in total. The normalized spacial score (nSPS) is 10.7. The quantitative estimate of drug-likeness (QED) is 0.787. The van der Waals surface area contributed by atoms with Crippen LogP contribution in [0.2, 0.25) is 0 Å². The Bertz CT molecular complexity index is 641. The molecule has 2 aromatic carbocycles. The van der Waals surface area contributed by atoms with Gasteiger partial charge in [-0.15, -0.1) is 0 Å². The van der Waals surface area contributed by atoms with Crippen molar-refractivity contribution in [2.75, 3.05) is 5.73 Å². The van der Waals surface area contributed by atoms with Gasteiger partial charge in [0.05, 0.1) is 5.92 Å². The highest BCUT2D eigenvalue weighted by molar-refractivity contribution is 5.39. The van der Waals surface area contributed by atoms with Crippen LogP contribution in [-0.2, 0) is 0 Å². The molecule has 0 radical (unpaired) electrons. The molecule has 3 heteroatoms. The Kier molecular flexibility index (Phi) is 3.42. The number of hydrogen-bond acceptors (Lipinski definition) is 3. The first kappa shape index (κ1) is 12.4. The van der Waals surface area contributed by atoms with Crippen LogP contribution in [0.25, 0.3) is 0 Å². The van der Waals surface area contributed by atoms with E-state index >= 15 is 0 Å². The van der Waals surface area contributed by atoms with Gasteiger partial charge in [-0.05, 0) is 17.2 Å². The van der Waals surface area contributed by atoms with Crippen molar-refractivity contribution < 1.29 is 0 Å². The Morgan fingerprint density at radius 1 is 0.750 bits per heavy atom. The molecule has 0 unspecified atom stereocenters. The van der Waals surface area contributed by atoms with E-state index in [0.717, 1.165) is 17.0 Å². The number of aromatic nitrogens is 2. The summed E-state index contributed by atoms with van der Waals surface area (Å²) in [7, 11) is 0. The van der Waals surface area contributed by atoms with Crippen molar-refractivity contribution in [1.29, 1.82) is 0 Å². The van der Waals surface area contributed by atoms with Crippen molar-refractivity contribution in [1.82, 2.24) is 9.97 Å². The third-order valence-electron chi connectivity index (χ3n) is 3.22. The van der Waals surface area contributed by atoms with Crippen LogP contribution in [0.3, 0.4) is 0 Å². The summed E-state index contributed by atoms with van der Waals surface area (Å²) < 4.78 is 0. The van der Waals surface area contributed by atoms with E-state index in [2.05, 4.69) is 34.2 Å². The number of nitrogens with zero attached hydrogens (tertiary/aromatic N) is 2. The van der Waals surface area contributed by atoms with Crippen LogP contribution < -0.4 is 5.73 Å². The summed E-state index contributed by atoms with van der Waals surface area (Å²) >= 11 is 0. The highest BCUT2D eigenvalue weighted by Crippen LogP contribution is 2.29. The Hall–Kier alpha value is -2.68. The second-order valence-electron chi connectivity index (χ2n) is 4.59. The number of nitrogens with two attached hydrogens (primary N) is 1. The van der Waals surface area contributed by atoms with Gasteiger partial charge in [-0.25, -0.2) is 9.97 Å². The zero-order chi connectivity index (χ0) is 13.8. The van der Waals surface area contributed by atoms with E-state index in [-0.39, 0.29) is 5.92 Å². The van der Waals surface area contributed by atoms with Crippen molar-refractivity contribution in [3.8, 4) is 0 Å². The minimum absolute atomic E-state index is 0.000833. The molecule has 1 aromatic heterocycles. The number of nitrogen functional groups attached to an aromatic ring is 1. The minimum atomic E-state index is 0.000833. The van der Waals surface area contributed by atoms with Crippen LogP contribution in [0.5, 0.6) is 0 Å². The van der Waals surface area contributed by atoms with Gasteiger partial charge >= 0.3 is 0 Å². The third-order valence-corrected chi connectivity index (χ3v) is 3.22. The summed E-state index contributed by atoms with van der Waals surface area (Å²) in [5, 5.41) is 0. The van der Waals surface area contributed by atoms with E-state index in [9.17, 15) is 0 Å². The Labute approximate surface area is 118 Å². The standard InChI is InChI=1S/C17H15N3/c18-15-11-12-19-17(20-15)16(13-7-3-1-4-8-13)14-9-5-2-6-10-14/h1-12,16H,(H2,18,19,20). The Morgan fingerprint density at radius 3 is 1.80 bits per heavy atom. The lowest BCUT2D eigenvalue weighted by Crippen LogP contribution is -2.09. The molecule has 0 aliphatic rings. The van der Waals surface area contributed by atoms with Crippen molar-refractivity contribution >= 4 is 5.82 Å². The molecule has 0 bridgehead atoms. The van der Waals surface area contributed by atoms with Gasteiger partial charge in [0.15, 0.2) is 0 Å². The maximum atomic E-state index is 5.80. The van der Waals surface area contributed by atoms with Gasteiger partial charge in [-0.3, -0.25) is 0 Å². The largest absolute Gasteiger partial charge is 0.384 e. The molecule has 0 saturated heterocycles. The first-order valence-electron chi connectivity index (χ1n) is 6.53. The summed E-state index contributed by atoms with van der Waals surface area (Å²) in [5.74, 6) is 1.22. The predicted octanol–water partition coefficient (Wildman–Crippen LogP) is 3.24. The van der Waals surface area contributed by atoms with Gasteiger partial charge in [0.25, 0.3) is 0 Å². The first-order valence-corrected chi connectivity index (χ1v) is 6.53. The van der Waals surface area contributed by atoms with E-state index in [4.69, 9.17) is 5.73 Å². The Morgan fingerprint density at radius 2 is 1.30 bits per heavy atom. The smallest absolute Gasteiger partial charge is 0.142 e. The molecule has 20 heavy (non-hydrogen) atoms. The van der Waals surface area contributed by atoms with Crippen LogP contribution in [0.15, 0.2) is 72.9 Å². The lowest BCUT2D eigenvalue weighted by Gasteiger charge is -2.16. The molecular formula is C17H15N3.